The molecule has 1 atom stereocenters. The number of hydrogen-bond donors (Lipinski definition) is 2. The minimum absolute atomic E-state index is 0.133. The number of carbonyl (C=O) groups excluding carboxylic acids is 2. The first-order valence-corrected chi connectivity index (χ1v) is 9.18. The SMILES string of the molecule is O=C(Nc1cccc(N2CCCC2=O)c1)c1ccn(C2CCCNC2)n1. The van der Waals surface area contributed by atoms with E-state index in [1.54, 1.807) is 11.0 Å². The number of hydrogen-bond acceptors (Lipinski definition) is 4. The lowest BCUT2D eigenvalue weighted by atomic mass is 10.1. The van der Waals surface area contributed by atoms with Gasteiger partial charge in [-0.1, -0.05) is 6.07 Å². The summed E-state index contributed by atoms with van der Waals surface area (Å²) in [5.41, 5.74) is 1.89. The summed E-state index contributed by atoms with van der Waals surface area (Å²) >= 11 is 0. The van der Waals surface area contributed by atoms with E-state index in [9.17, 15) is 9.59 Å². The molecule has 2 aliphatic rings. The molecule has 2 fully saturated rings. The van der Waals surface area contributed by atoms with E-state index in [4.69, 9.17) is 0 Å². The second kappa shape index (κ2) is 7.29. The predicted molar refractivity (Wildman–Crippen MR) is 99.3 cm³/mol. The third-order valence-corrected chi connectivity index (χ3v) is 4.98. The fourth-order valence-corrected chi connectivity index (χ4v) is 3.59. The molecule has 1 aromatic heterocycles. The Bertz CT molecular complexity index is 810. The molecule has 4 rings (SSSR count). The molecule has 2 N–H and O–H groups in total. The van der Waals surface area contributed by atoms with Crippen LogP contribution in [0.4, 0.5) is 11.4 Å². The van der Waals surface area contributed by atoms with Gasteiger partial charge in [0, 0.05) is 37.1 Å². The minimum Gasteiger partial charge on any atom is -0.321 e. The van der Waals surface area contributed by atoms with Crippen LogP contribution in [0.1, 0.15) is 42.2 Å². The third kappa shape index (κ3) is 3.48. The first-order valence-electron chi connectivity index (χ1n) is 9.18. The van der Waals surface area contributed by atoms with Gasteiger partial charge in [-0.05, 0) is 50.1 Å². The molecule has 1 aromatic carbocycles. The van der Waals surface area contributed by atoms with Crippen LogP contribution in [0.2, 0.25) is 0 Å². The number of amides is 2. The van der Waals surface area contributed by atoms with Crippen molar-refractivity contribution in [2.24, 2.45) is 0 Å². The van der Waals surface area contributed by atoms with E-state index in [2.05, 4.69) is 15.7 Å². The normalized spacial score (nSPS) is 20.4. The maximum absolute atomic E-state index is 12.5. The van der Waals surface area contributed by atoms with Crippen molar-refractivity contribution in [3.63, 3.8) is 0 Å². The van der Waals surface area contributed by atoms with Gasteiger partial charge in [-0.15, -0.1) is 0 Å². The Morgan fingerprint density at radius 1 is 1.27 bits per heavy atom. The van der Waals surface area contributed by atoms with Gasteiger partial charge in [-0.3, -0.25) is 14.3 Å². The number of carbonyl (C=O) groups is 2. The largest absolute Gasteiger partial charge is 0.321 e. The summed E-state index contributed by atoms with van der Waals surface area (Å²) in [7, 11) is 0. The molecular weight excluding hydrogens is 330 g/mol. The Morgan fingerprint density at radius 2 is 2.19 bits per heavy atom. The average Bonchev–Trinajstić information content (AvgIpc) is 3.32. The highest BCUT2D eigenvalue weighted by molar-refractivity contribution is 6.03. The van der Waals surface area contributed by atoms with Crippen molar-refractivity contribution < 1.29 is 9.59 Å². The molecule has 7 nitrogen and oxygen atoms in total. The fourth-order valence-electron chi connectivity index (χ4n) is 3.59. The van der Waals surface area contributed by atoms with Crippen LogP contribution in [0, 0.1) is 0 Å². The van der Waals surface area contributed by atoms with Crippen molar-refractivity contribution in [1.82, 2.24) is 15.1 Å². The summed E-state index contributed by atoms with van der Waals surface area (Å²) in [6.07, 6.45) is 5.52. The van der Waals surface area contributed by atoms with Crippen LogP contribution >= 0.6 is 0 Å². The minimum atomic E-state index is -0.239. The summed E-state index contributed by atoms with van der Waals surface area (Å²) in [5.74, 6) is -0.106. The Balaban J connectivity index is 1.45. The highest BCUT2D eigenvalue weighted by atomic mass is 16.2. The zero-order chi connectivity index (χ0) is 17.9. The molecular formula is C19H23N5O2. The van der Waals surface area contributed by atoms with Crippen molar-refractivity contribution >= 4 is 23.2 Å². The summed E-state index contributed by atoms with van der Waals surface area (Å²) in [4.78, 5) is 26.2. The second-order valence-electron chi connectivity index (χ2n) is 6.83. The molecule has 2 aliphatic heterocycles. The molecule has 26 heavy (non-hydrogen) atoms. The number of nitrogens with one attached hydrogen (secondary N) is 2. The zero-order valence-corrected chi connectivity index (χ0v) is 14.6. The van der Waals surface area contributed by atoms with Gasteiger partial charge >= 0.3 is 0 Å². The molecule has 136 valence electrons. The molecule has 0 aliphatic carbocycles. The van der Waals surface area contributed by atoms with E-state index >= 15 is 0 Å². The van der Waals surface area contributed by atoms with Gasteiger partial charge in [0.15, 0.2) is 5.69 Å². The van der Waals surface area contributed by atoms with E-state index in [1.807, 2.05) is 35.1 Å². The number of piperidine rings is 1. The van der Waals surface area contributed by atoms with Crippen molar-refractivity contribution in [3.05, 3.63) is 42.2 Å². The van der Waals surface area contributed by atoms with E-state index in [0.29, 0.717) is 23.8 Å². The van der Waals surface area contributed by atoms with Gasteiger partial charge in [0.05, 0.1) is 6.04 Å². The van der Waals surface area contributed by atoms with E-state index in [1.165, 1.54) is 0 Å². The number of nitrogens with zero attached hydrogens (tertiary/aromatic N) is 3. The molecule has 0 saturated carbocycles. The monoisotopic (exact) mass is 353 g/mol. The molecule has 2 saturated heterocycles. The van der Waals surface area contributed by atoms with Crippen LogP contribution in [0.5, 0.6) is 0 Å². The molecule has 0 bridgehead atoms. The first kappa shape index (κ1) is 16.8. The van der Waals surface area contributed by atoms with Crippen LogP contribution in [-0.2, 0) is 4.79 Å². The Morgan fingerprint density at radius 3 is 2.96 bits per heavy atom. The van der Waals surface area contributed by atoms with E-state index < -0.39 is 0 Å². The quantitative estimate of drug-likeness (QED) is 0.883. The lowest BCUT2D eigenvalue weighted by Crippen LogP contribution is -2.32. The Labute approximate surface area is 152 Å². The van der Waals surface area contributed by atoms with Crippen LogP contribution in [0.3, 0.4) is 0 Å². The second-order valence-corrected chi connectivity index (χ2v) is 6.83. The Kier molecular flexibility index (Phi) is 4.71. The van der Waals surface area contributed by atoms with Crippen molar-refractivity contribution in [2.45, 2.75) is 31.7 Å². The lowest BCUT2D eigenvalue weighted by molar-refractivity contribution is -0.117. The molecule has 1 unspecified atom stereocenters. The number of anilines is 2. The number of benzene rings is 1. The predicted octanol–water partition coefficient (Wildman–Crippen LogP) is 2.19. The van der Waals surface area contributed by atoms with Gasteiger partial charge in [-0.2, -0.15) is 5.10 Å². The summed E-state index contributed by atoms with van der Waals surface area (Å²) in [5, 5.41) is 10.7. The Hall–Kier alpha value is -2.67. The van der Waals surface area contributed by atoms with Gasteiger partial charge in [0.2, 0.25) is 5.91 Å². The number of rotatable bonds is 4. The van der Waals surface area contributed by atoms with Crippen molar-refractivity contribution in [1.29, 1.82) is 0 Å². The first-order chi connectivity index (χ1) is 12.7. The maximum atomic E-state index is 12.5. The van der Waals surface area contributed by atoms with Crippen LogP contribution in [0.15, 0.2) is 36.5 Å². The lowest BCUT2D eigenvalue weighted by Gasteiger charge is -2.22. The topological polar surface area (TPSA) is 79.3 Å². The van der Waals surface area contributed by atoms with Gasteiger partial charge < -0.3 is 15.5 Å². The summed E-state index contributed by atoms with van der Waals surface area (Å²) in [6.45, 7) is 2.66. The maximum Gasteiger partial charge on any atom is 0.276 e. The van der Waals surface area contributed by atoms with Crippen molar-refractivity contribution in [2.75, 3.05) is 29.9 Å². The van der Waals surface area contributed by atoms with Gasteiger partial charge in [-0.25, -0.2) is 0 Å². The zero-order valence-electron chi connectivity index (χ0n) is 14.6. The van der Waals surface area contributed by atoms with Crippen LogP contribution in [-0.4, -0.2) is 41.2 Å². The third-order valence-electron chi connectivity index (χ3n) is 4.98. The molecule has 7 heteroatoms. The molecule has 2 aromatic rings. The highest BCUT2D eigenvalue weighted by Gasteiger charge is 2.22. The van der Waals surface area contributed by atoms with Crippen LogP contribution < -0.4 is 15.5 Å². The van der Waals surface area contributed by atoms with E-state index in [0.717, 1.165) is 44.6 Å². The van der Waals surface area contributed by atoms with Crippen molar-refractivity contribution in [3.8, 4) is 0 Å². The fraction of sp³-hybridized carbons (Fsp3) is 0.421. The smallest absolute Gasteiger partial charge is 0.276 e. The standard InChI is InChI=1S/C19H23N5O2/c25-18-7-3-10-23(18)15-5-1-4-14(12-15)21-19(26)17-8-11-24(22-17)16-6-2-9-20-13-16/h1,4-5,8,11-12,16,20H,2-3,6-7,9-10,13H2,(H,21,26). The molecule has 3 heterocycles. The number of aromatic nitrogens is 2. The van der Waals surface area contributed by atoms with Crippen LogP contribution in [0.25, 0.3) is 0 Å². The van der Waals surface area contributed by atoms with E-state index in [-0.39, 0.29) is 11.8 Å². The highest BCUT2D eigenvalue weighted by Crippen LogP contribution is 2.24. The molecule has 2 amide bonds. The summed E-state index contributed by atoms with van der Waals surface area (Å²) < 4.78 is 1.88. The van der Waals surface area contributed by atoms with Gasteiger partial charge in [0.25, 0.3) is 5.91 Å². The molecule has 0 spiro atoms. The molecule has 0 radical (unpaired) electrons. The van der Waals surface area contributed by atoms with Gasteiger partial charge in [0.1, 0.15) is 0 Å². The summed E-state index contributed by atoms with van der Waals surface area (Å²) in [6, 6.07) is 9.45. The average molecular weight is 353 g/mol.